The molecule has 4 N–H and O–H groups in total. The molecule has 5 amide bonds. The van der Waals surface area contributed by atoms with E-state index < -0.39 is 40.7 Å². The molecule has 1 aromatic heterocycles. The molecule has 5 fully saturated rings. The molecule has 13 nitrogen and oxygen atoms in total. The summed E-state index contributed by atoms with van der Waals surface area (Å²) in [6.45, 7) is 1.23. The second kappa shape index (κ2) is 17.3. The molecule has 344 valence electrons. The molecule has 0 radical (unpaired) electrons. The lowest BCUT2D eigenvalue weighted by Gasteiger charge is -2.47. The molecule has 5 atom stereocenters. The monoisotopic (exact) mass is 935 g/mol. The number of anilines is 1. The van der Waals surface area contributed by atoms with E-state index in [0.29, 0.717) is 65.2 Å². The Morgan fingerprint density at radius 3 is 2.45 bits per heavy atom. The number of likely N-dealkylation sites (tertiary alicyclic amines) is 1. The average Bonchev–Trinajstić information content (AvgIpc) is 3.85. The van der Waals surface area contributed by atoms with Gasteiger partial charge in [-0.25, -0.2) is 9.18 Å². The number of hydrogen-bond donors (Lipinski definition) is 4. The van der Waals surface area contributed by atoms with Crippen LogP contribution in [0, 0.1) is 29.5 Å². The van der Waals surface area contributed by atoms with Gasteiger partial charge in [-0.05, 0) is 105 Å². The van der Waals surface area contributed by atoms with Crippen LogP contribution in [-0.2, 0) is 36.4 Å². The first kappa shape index (κ1) is 44.4. The molecule has 2 unspecified atom stereocenters. The summed E-state index contributed by atoms with van der Waals surface area (Å²) < 4.78 is 19.3. The number of rotatable bonds is 6. The molecule has 66 heavy (non-hydrogen) atoms. The third-order valence-corrected chi connectivity index (χ3v) is 16.1. The van der Waals surface area contributed by atoms with Crippen LogP contribution in [0.1, 0.15) is 112 Å². The van der Waals surface area contributed by atoms with Gasteiger partial charge in [-0.1, -0.05) is 72.5 Å². The molecule has 0 bridgehead atoms. The summed E-state index contributed by atoms with van der Waals surface area (Å²) in [6, 6.07) is 13.7. The predicted octanol–water partition coefficient (Wildman–Crippen LogP) is 6.38. The SMILES string of the molecule is Cn1c(=O)n(C2CCC(=O)NC2=O)c2ccc(C#CC3CCN(CC4CCC(NC(=O)[C@@H]5NC6(CCCCC6)[C@@]6(C(=O)Nc7cc(Cl)ccc76)[C@H]5c5cccc(Cl)c5F)CC4)C(=O)C3)cc21. The van der Waals surface area contributed by atoms with Crippen LogP contribution >= 0.6 is 23.2 Å². The lowest BCUT2D eigenvalue weighted by molar-refractivity contribution is -0.136. The third-order valence-electron chi connectivity index (χ3n) is 15.5. The highest BCUT2D eigenvalue weighted by atomic mass is 35.5. The lowest BCUT2D eigenvalue weighted by atomic mass is 9.55. The van der Waals surface area contributed by atoms with E-state index >= 15 is 4.39 Å². The number of imide groups is 1. The molecule has 5 heterocycles. The van der Waals surface area contributed by atoms with Gasteiger partial charge in [0.2, 0.25) is 29.5 Å². The number of aromatic nitrogens is 2. The Kier molecular flexibility index (Phi) is 11.6. The number of fused-ring (bicyclic) bond motifs is 4. The van der Waals surface area contributed by atoms with E-state index in [1.807, 2.05) is 23.1 Å². The number of nitrogens with zero attached hydrogens (tertiary/aromatic N) is 3. The van der Waals surface area contributed by atoms with E-state index in [1.165, 1.54) is 15.2 Å². The van der Waals surface area contributed by atoms with Gasteiger partial charge in [0.1, 0.15) is 17.3 Å². The zero-order chi connectivity index (χ0) is 46.1. The van der Waals surface area contributed by atoms with Gasteiger partial charge >= 0.3 is 5.69 Å². The number of carbonyl (C=O) groups excluding carboxylic acids is 5. The quantitative estimate of drug-likeness (QED) is 0.129. The van der Waals surface area contributed by atoms with E-state index in [1.54, 1.807) is 37.4 Å². The van der Waals surface area contributed by atoms with Crippen molar-refractivity contribution in [3.63, 3.8) is 0 Å². The van der Waals surface area contributed by atoms with E-state index in [4.69, 9.17) is 23.2 Å². The maximum Gasteiger partial charge on any atom is 0.329 e. The minimum Gasteiger partial charge on any atom is -0.352 e. The molecule has 16 heteroatoms. The standard InChI is InChI=1S/C50H52Cl2FN7O6/c1-58-39-24-28(12-17-37(39)60(48(58)66)38-18-19-40(61)56-45(38)63)8-9-29-20-23-59(41(62)25-29)27-30-10-14-32(15-11-30)54-46(64)44-42(33-6-5-7-35(52)43(33)53)50(49(57-44)21-3-2-4-22-49)34-16-13-31(51)26-36(34)55-47(50)65/h5-7,12-13,16-17,24,26,29-30,32,38,42,44,57H,2-4,10-11,14-15,18-23,25,27H2,1H3,(H,54,64)(H,55,65)(H,56,61,63)/t29?,30?,32?,38?,42-,44+,50+/m0/s1. The number of amides is 5. The fraction of sp³-hybridized carbons (Fsp3) is 0.480. The first-order valence-electron chi connectivity index (χ1n) is 23.3. The highest BCUT2D eigenvalue weighted by molar-refractivity contribution is 6.31. The Labute approximate surface area is 391 Å². The van der Waals surface area contributed by atoms with Gasteiger partial charge < -0.3 is 15.5 Å². The van der Waals surface area contributed by atoms with Crippen molar-refractivity contribution < 1.29 is 28.4 Å². The van der Waals surface area contributed by atoms with Crippen LogP contribution in [0.15, 0.2) is 59.4 Å². The fourth-order valence-electron chi connectivity index (χ4n) is 12.4. The number of nitrogens with one attached hydrogen (secondary N) is 4. The summed E-state index contributed by atoms with van der Waals surface area (Å²) in [5.41, 5.74) is 0.968. The molecule has 6 aliphatic rings. The zero-order valence-corrected chi connectivity index (χ0v) is 38.2. The van der Waals surface area contributed by atoms with Crippen LogP contribution in [0.2, 0.25) is 10.0 Å². The second-order valence-corrected chi connectivity index (χ2v) is 20.1. The molecule has 4 aromatic rings. The number of carbonyl (C=O) groups is 5. The van der Waals surface area contributed by atoms with Gasteiger partial charge in [0, 0.05) is 72.7 Å². The normalized spacial score (nSPS) is 28.3. The highest BCUT2D eigenvalue weighted by Gasteiger charge is 2.72. The Morgan fingerprint density at radius 1 is 0.909 bits per heavy atom. The van der Waals surface area contributed by atoms with Crippen LogP contribution < -0.4 is 27.0 Å². The van der Waals surface area contributed by atoms with Crippen molar-refractivity contribution in [3.8, 4) is 11.8 Å². The minimum absolute atomic E-state index is 0.0621. The Morgan fingerprint density at radius 2 is 1.70 bits per heavy atom. The molecule has 2 saturated carbocycles. The van der Waals surface area contributed by atoms with Gasteiger partial charge in [0.15, 0.2) is 0 Å². The molecule has 3 saturated heterocycles. The maximum absolute atomic E-state index is 16.3. The maximum atomic E-state index is 16.3. The van der Waals surface area contributed by atoms with Crippen LogP contribution in [0.3, 0.4) is 0 Å². The van der Waals surface area contributed by atoms with Crippen LogP contribution in [0.5, 0.6) is 0 Å². The first-order chi connectivity index (χ1) is 31.8. The summed E-state index contributed by atoms with van der Waals surface area (Å²) in [6.07, 6.45) is 8.55. The largest absolute Gasteiger partial charge is 0.352 e. The molecule has 2 spiro atoms. The van der Waals surface area contributed by atoms with E-state index in [2.05, 4.69) is 33.1 Å². The number of hydrogen-bond acceptors (Lipinski definition) is 7. The summed E-state index contributed by atoms with van der Waals surface area (Å²) in [7, 11) is 1.64. The van der Waals surface area contributed by atoms with Gasteiger partial charge in [-0.3, -0.25) is 43.7 Å². The van der Waals surface area contributed by atoms with Crippen molar-refractivity contribution in [2.45, 2.75) is 118 Å². The van der Waals surface area contributed by atoms with Crippen molar-refractivity contribution >= 4 is 69.5 Å². The number of imidazole rings is 1. The van der Waals surface area contributed by atoms with Crippen LogP contribution in [-0.4, -0.2) is 74.3 Å². The van der Waals surface area contributed by atoms with E-state index in [9.17, 15) is 28.8 Å². The summed E-state index contributed by atoms with van der Waals surface area (Å²) in [4.78, 5) is 82.3. The van der Waals surface area contributed by atoms with Gasteiger partial charge in [0.05, 0.1) is 22.1 Å². The molecule has 10 rings (SSSR count). The first-order valence-corrected chi connectivity index (χ1v) is 24.0. The van der Waals surface area contributed by atoms with Gasteiger partial charge in [-0.2, -0.15) is 0 Å². The van der Waals surface area contributed by atoms with E-state index in [0.717, 1.165) is 51.4 Å². The van der Waals surface area contributed by atoms with Crippen molar-refractivity contribution in [3.05, 3.63) is 97.6 Å². The number of aryl methyl sites for hydroxylation is 1. The van der Waals surface area contributed by atoms with Crippen molar-refractivity contribution in [2.75, 3.05) is 18.4 Å². The van der Waals surface area contributed by atoms with Crippen LogP contribution in [0.4, 0.5) is 10.1 Å². The van der Waals surface area contributed by atoms with Gasteiger partial charge in [0.25, 0.3) is 0 Å². The smallest absolute Gasteiger partial charge is 0.329 e. The lowest BCUT2D eigenvalue weighted by Crippen LogP contribution is -2.60. The Hall–Kier alpha value is -5.49. The summed E-state index contributed by atoms with van der Waals surface area (Å²) in [5, 5.41) is 12.9. The molecular formula is C50H52Cl2FN7O6. The predicted molar refractivity (Wildman–Crippen MR) is 247 cm³/mol. The second-order valence-electron chi connectivity index (χ2n) is 19.2. The average molecular weight is 937 g/mol. The molecular weight excluding hydrogens is 884 g/mol. The number of piperidine rings is 2. The molecule has 2 aliphatic carbocycles. The number of halogens is 3. The molecule has 3 aromatic carbocycles. The van der Waals surface area contributed by atoms with Gasteiger partial charge in [-0.15, -0.1) is 0 Å². The van der Waals surface area contributed by atoms with Crippen molar-refractivity contribution in [1.29, 1.82) is 0 Å². The van der Waals surface area contributed by atoms with Crippen molar-refractivity contribution in [2.24, 2.45) is 18.9 Å². The zero-order valence-electron chi connectivity index (χ0n) is 36.7. The van der Waals surface area contributed by atoms with Crippen molar-refractivity contribution in [1.82, 2.24) is 30.0 Å². The third kappa shape index (κ3) is 7.42. The molecule has 4 aliphatic heterocycles. The highest BCUT2D eigenvalue weighted by Crippen LogP contribution is 2.63. The Balaban J connectivity index is 0.789. The minimum atomic E-state index is -1.30. The fourth-order valence-corrected chi connectivity index (χ4v) is 12.7. The Bertz CT molecular complexity index is 2820. The number of benzene rings is 3. The summed E-state index contributed by atoms with van der Waals surface area (Å²) in [5.74, 6) is 3.82. The summed E-state index contributed by atoms with van der Waals surface area (Å²) >= 11 is 12.9. The van der Waals surface area contributed by atoms with E-state index in [-0.39, 0.29) is 70.6 Å². The van der Waals surface area contributed by atoms with Crippen LogP contribution in [0.25, 0.3) is 11.0 Å². The topological polar surface area (TPSA) is 164 Å².